The third kappa shape index (κ3) is 6.78. The maximum atomic E-state index is 12.7. The van der Waals surface area contributed by atoms with Crippen LogP contribution in [-0.4, -0.2) is 63.3 Å². The van der Waals surface area contributed by atoms with E-state index in [2.05, 4.69) is 37.5 Å². The molecular formula is C30H40N6O4. The summed E-state index contributed by atoms with van der Waals surface area (Å²) in [6.45, 7) is 17.8. The van der Waals surface area contributed by atoms with Crippen LogP contribution >= 0.6 is 0 Å². The molecule has 0 spiro atoms. The lowest BCUT2D eigenvalue weighted by Crippen LogP contribution is -2.55. The number of carbonyl (C=O) groups is 2. The minimum absolute atomic E-state index is 0.0111. The lowest BCUT2D eigenvalue weighted by atomic mass is 9.97. The van der Waals surface area contributed by atoms with E-state index in [1.54, 1.807) is 11.1 Å². The zero-order chi connectivity index (χ0) is 29.2. The second-order valence-electron chi connectivity index (χ2n) is 12.4. The molecule has 10 heteroatoms. The van der Waals surface area contributed by atoms with E-state index in [0.717, 1.165) is 27.9 Å². The lowest BCUT2D eigenvalue weighted by Gasteiger charge is -2.41. The van der Waals surface area contributed by atoms with Crippen molar-refractivity contribution in [1.29, 1.82) is 0 Å². The second kappa shape index (κ2) is 11.3. The van der Waals surface area contributed by atoms with Crippen LogP contribution in [-0.2, 0) is 16.7 Å². The van der Waals surface area contributed by atoms with E-state index in [1.165, 1.54) is 0 Å². The van der Waals surface area contributed by atoms with Gasteiger partial charge in [0.1, 0.15) is 5.60 Å². The number of anilines is 1. The quantitative estimate of drug-likeness (QED) is 0.468. The van der Waals surface area contributed by atoms with Gasteiger partial charge in [-0.25, -0.2) is 4.79 Å². The van der Waals surface area contributed by atoms with Gasteiger partial charge in [-0.2, -0.15) is 4.98 Å². The molecule has 3 aromatic rings. The SMILES string of the molecule is Cc1cc(-c2ccncc2N2CCN(C(=O)OC(C)(C)C)C(C)C2)ccc1CNC(=O)c1noc(C(C)(C)C)n1. The molecular weight excluding hydrogens is 508 g/mol. The fourth-order valence-electron chi connectivity index (χ4n) is 4.59. The Morgan fingerprint density at radius 2 is 1.88 bits per heavy atom. The van der Waals surface area contributed by atoms with E-state index in [0.29, 0.717) is 32.1 Å². The Morgan fingerprint density at radius 1 is 1.12 bits per heavy atom. The number of aromatic nitrogens is 3. The van der Waals surface area contributed by atoms with Crippen LogP contribution in [0, 0.1) is 6.92 Å². The first-order valence-electron chi connectivity index (χ1n) is 13.6. The number of nitrogens with zero attached hydrogens (tertiary/aromatic N) is 5. The molecule has 1 aromatic carbocycles. The maximum Gasteiger partial charge on any atom is 0.410 e. The van der Waals surface area contributed by atoms with Crippen molar-refractivity contribution >= 4 is 17.7 Å². The van der Waals surface area contributed by atoms with Gasteiger partial charge in [-0.15, -0.1) is 0 Å². The van der Waals surface area contributed by atoms with Gasteiger partial charge in [0.15, 0.2) is 0 Å². The molecule has 1 unspecified atom stereocenters. The van der Waals surface area contributed by atoms with E-state index < -0.39 is 5.60 Å². The number of carbonyl (C=O) groups excluding carboxylic acids is 2. The third-order valence-corrected chi connectivity index (χ3v) is 6.76. The van der Waals surface area contributed by atoms with Crippen molar-refractivity contribution in [1.82, 2.24) is 25.3 Å². The Morgan fingerprint density at radius 3 is 2.50 bits per heavy atom. The summed E-state index contributed by atoms with van der Waals surface area (Å²) in [5.74, 6) is 0.0763. The first-order chi connectivity index (χ1) is 18.7. The highest BCUT2D eigenvalue weighted by molar-refractivity contribution is 5.90. The van der Waals surface area contributed by atoms with Crippen molar-refractivity contribution in [3.63, 3.8) is 0 Å². The van der Waals surface area contributed by atoms with E-state index in [1.807, 2.05) is 73.7 Å². The minimum Gasteiger partial charge on any atom is -0.444 e. The van der Waals surface area contributed by atoms with E-state index >= 15 is 0 Å². The van der Waals surface area contributed by atoms with Crippen LogP contribution < -0.4 is 10.2 Å². The van der Waals surface area contributed by atoms with Crippen LogP contribution in [0.5, 0.6) is 0 Å². The zero-order valence-electron chi connectivity index (χ0n) is 24.7. The minimum atomic E-state index is -0.528. The highest BCUT2D eigenvalue weighted by Crippen LogP contribution is 2.33. The number of ether oxygens (including phenoxy) is 1. The van der Waals surface area contributed by atoms with Crippen molar-refractivity contribution < 1.29 is 18.8 Å². The highest BCUT2D eigenvalue weighted by atomic mass is 16.6. The molecule has 2 aromatic heterocycles. The monoisotopic (exact) mass is 548 g/mol. The molecule has 1 N–H and O–H groups in total. The van der Waals surface area contributed by atoms with Gasteiger partial charge in [-0.05, 0) is 57.4 Å². The van der Waals surface area contributed by atoms with Crippen LogP contribution in [0.2, 0.25) is 0 Å². The second-order valence-corrected chi connectivity index (χ2v) is 12.4. The molecule has 1 fully saturated rings. The summed E-state index contributed by atoms with van der Waals surface area (Å²) in [5, 5.41) is 6.71. The number of aryl methyl sites for hydroxylation is 1. The van der Waals surface area contributed by atoms with Gasteiger partial charge in [0.25, 0.3) is 11.7 Å². The molecule has 0 saturated carbocycles. The predicted octanol–water partition coefficient (Wildman–Crippen LogP) is 5.11. The zero-order valence-corrected chi connectivity index (χ0v) is 24.7. The molecule has 2 amide bonds. The highest BCUT2D eigenvalue weighted by Gasteiger charge is 2.32. The summed E-state index contributed by atoms with van der Waals surface area (Å²) in [4.78, 5) is 38.0. The Hall–Kier alpha value is -3.95. The Balaban J connectivity index is 1.45. The normalized spacial score (nSPS) is 16.1. The summed E-state index contributed by atoms with van der Waals surface area (Å²) in [6.07, 6.45) is 3.39. The number of pyridine rings is 1. The number of nitrogens with one attached hydrogen (secondary N) is 1. The molecule has 40 heavy (non-hydrogen) atoms. The number of rotatable bonds is 5. The van der Waals surface area contributed by atoms with Crippen LogP contribution in [0.3, 0.4) is 0 Å². The Labute approximate surface area is 236 Å². The van der Waals surface area contributed by atoms with Gasteiger partial charge in [-0.1, -0.05) is 44.1 Å². The molecule has 4 rings (SSSR count). The average Bonchev–Trinajstić information content (AvgIpc) is 3.38. The van der Waals surface area contributed by atoms with Crippen molar-refractivity contribution in [2.45, 2.75) is 79.0 Å². The predicted molar refractivity (Wildman–Crippen MR) is 153 cm³/mol. The van der Waals surface area contributed by atoms with Crippen molar-refractivity contribution in [2.75, 3.05) is 24.5 Å². The molecule has 0 radical (unpaired) electrons. The number of amides is 2. The largest absolute Gasteiger partial charge is 0.444 e. The number of hydrogen-bond donors (Lipinski definition) is 1. The summed E-state index contributed by atoms with van der Waals surface area (Å²) in [5.41, 5.74) is 4.32. The van der Waals surface area contributed by atoms with Crippen LogP contribution in [0.25, 0.3) is 11.1 Å². The van der Waals surface area contributed by atoms with Crippen molar-refractivity contribution in [3.05, 3.63) is 59.5 Å². The fourth-order valence-corrected chi connectivity index (χ4v) is 4.59. The third-order valence-electron chi connectivity index (χ3n) is 6.76. The van der Waals surface area contributed by atoms with Gasteiger partial charge in [-0.3, -0.25) is 9.78 Å². The summed E-state index contributed by atoms with van der Waals surface area (Å²) in [6, 6.07) is 8.20. The van der Waals surface area contributed by atoms with Crippen LogP contribution in [0.15, 0.2) is 41.2 Å². The number of hydrogen-bond acceptors (Lipinski definition) is 8. The van der Waals surface area contributed by atoms with Crippen LogP contribution in [0.4, 0.5) is 10.5 Å². The van der Waals surface area contributed by atoms with Crippen molar-refractivity contribution in [2.24, 2.45) is 0 Å². The smallest absolute Gasteiger partial charge is 0.410 e. The Bertz CT molecular complexity index is 1370. The molecule has 1 aliphatic rings. The number of piperazine rings is 1. The summed E-state index contributed by atoms with van der Waals surface area (Å²) >= 11 is 0. The molecule has 1 atom stereocenters. The van der Waals surface area contributed by atoms with Gasteiger partial charge in [0.05, 0.1) is 11.9 Å². The molecule has 0 aliphatic carbocycles. The molecule has 10 nitrogen and oxygen atoms in total. The molecule has 1 saturated heterocycles. The van der Waals surface area contributed by atoms with Gasteiger partial charge < -0.3 is 24.4 Å². The lowest BCUT2D eigenvalue weighted by molar-refractivity contribution is 0.0159. The van der Waals surface area contributed by atoms with Gasteiger partial charge >= 0.3 is 6.09 Å². The maximum absolute atomic E-state index is 12.7. The fraction of sp³-hybridized carbons (Fsp3) is 0.500. The first kappa shape index (κ1) is 29.0. The topological polar surface area (TPSA) is 114 Å². The first-order valence-corrected chi connectivity index (χ1v) is 13.6. The standard InChI is InChI=1S/C30H40N6O4/c1-19-15-21(9-10-22(19)16-32-26(37)25-33-27(40-34-25)29(3,4)5)23-11-12-31-17-24(23)35-13-14-36(20(2)18-35)28(38)39-30(6,7)8/h9-12,15,17,20H,13-14,16,18H2,1-8H3,(H,32,37). The summed E-state index contributed by atoms with van der Waals surface area (Å²) < 4.78 is 10.8. The Kier molecular flexibility index (Phi) is 8.18. The van der Waals surface area contributed by atoms with Crippen molar-refractivity contribution in [3.8, 4) is 11.1 Å². The van der Waals surface area contributed by atoms with E-state index in [-0.39, 0.29) is 29.3 Å². The molecule has 3 heterocycles. The summed E-state index contributed by atoms with van der Waals surface area (Å²) in [7, 11) is 0. The molecule has 0 bridgehead atoms. The molecule has 1 aliphatic heterocycles. The van der Waals surface area contributed by atoms with Crippen LogP contribution in [0.1, 0.15) is 76.1 Å². The van der Waals surface area contributed by atoms with Gasteiger partial charge in [0, 0.05) is 49.4 Å². The number of benzene rings is 1. The van der Waals surface area contributed by atoms with Gasteiger partial charge in [0.2, 0.25) is 5.89 Å². The van der Waals surface area contributed by atoms with E-state index in [4.69, 9.17) is 9.26 Å². The molecule has 214 valence electrons. The van der Waals surface area contributed by atoms with E-state index in [9.17, 15) is 9.59 Å². The average molecular weight is 549 g/mol.